The second-order valence-electron chi connectivity index (χ2n) is 6.27. The van der Waals surface area contributed by atoms with Gasteiger partial charge in [0.1, 0.15) is 0 Å². The smallest absolute Gasteiger partial charge is 0.0469 e. The zero-order chi connectivity index (χ0) is 14.3. The zero-order valence-electron chi connectivity index (χ0n) is 14.3. The normalized spacial score (nSPS) is 9.88. The quantitative estimate of drug-likeness (QED) is 0.491. The molecule has 0 aromatic rings. The molecule has 0 rings (SSSR count). The predicted molar refractivity (Wildman–Crippen MR) is 84.6 cm³/mol. The molecule has 0 amide bonds. The molecule has 0 bridgehead atoms. The Morgan fingerprint density at radius 2 is 1.00 bits per heavy atom. The molecule has 0 fully saturated rings. The van der Waals surface area contributed by atoms with Crippen LogP contribution in [0, 0.1) is 17.8 Å². The summed E-state index contributed by atoms with van der Waals surface area (Å²) in [6, 6.07) is 0. The van der Waals surface area contributed by atoms with Gasteiger partial charge < -0.3 is 0 Å². The molecule has 17 heavy (non-hydrogen) atoms. The molecular weight excluding hydrogens is 204 g/mol. The van der Waals surface area contributed by atoms with Crippen LogP contribution >= 0.6 is 0 Å². The summed E-state index contributed by atoms with van der Waals surface area (Å²) in [5, 5.41) is 0. The first kappa shape index (κ1) is 22.2. The summed E-state index contributed by atoms with van der Waals surface area (Å²) in [4.78, 5) is 0. The third kappa shape index (κ3) is 49.0. The standard InChI is InChI=1S/2C7H16.C3H8/c1-6(2)5-7(3)4;1-4-5-6-7(2)3;1-3-2/h6-7H,5H2,1-4H3;7H,4-6H2,1-3H3;3H2,1-2H3. The molecule has 0 aliphatic rings. The van der Waals surface area contributed by atoms with Crippen molar-refractivity contribution in [3.05, 3.63) is 0 Å². The lowest BCUT2D eigenvalue weighted by atomic mass is 10.0. The van der Waals surface area contributed by atoms with Crippen LogP contribution in [0.3, 0.4) is 0 Å². The average molecular weight is 245 g/mol. The topological polar surface area (TPSA) is 0 Å². The molecule has 0 saturated heterocycles. The Labute approximate surface area is 113 Å². The molecule has 0 radical (unpaired) electrons. The molecule has 0 unspecified atom stereocenters. The fraction of sp³-hybridized carbons (Fsp3) is 1.00. The van der Waals surface area contributed by atoms with Crippen LogP contribution in [0.4, 0.5) is 0 Å². The Morgan fingerprint density at radius 3 is 1.06 bits per heavy atom. The summed E-state index contributed by atoms with van der Waals surface area (Å²) in [5.41, 5.74) is 0. The molecule has 0 aliphatic heterocycles. The van der Waals surface area contributed by atoms with Gasteiger partial charge in [-0.25, -0.2) is 0 Å². The van der Waals surface area contributed by atoms with Gasteiger partial charge in [0, 0.05) is 0 Å². The van der Waals surface area contributed by atoms with Gasteiger partial charge in [0.15, 0.2) is 0 Å². The maximum Gasteiger partial charge on any atom is -0.0469 e. The van der Waals surface area contributed by atoms with Crippen molar-refractivity contribution < 1.29 is 0 Å². The summed E-state index contributed by atoms with van der Waals surface area (Å²) < 4.78 is 0. The van der Waals surface area contributed by atoms with Crippen LogP contribution in [0.1, 0.15) is 94.4 Å². The van der Waals surface area contributed by atoms with Crippen LogP contribution < -0.4 is 0 Å². The summed E-state index contributed by atoms with van der Waals surface area (Å²) >= 11 is 0. The van der Waals surface area contributed by atoms with Gasteiger partial charge in [-0.3, -0.25) is 0 Å². The monoisotopic (exact) mass is 244 g/mol. The van der Waals surface area contributed by atoms with Crippen LogP contribution in [0.15, 0.2) is 0 Å². The van der Waals surface area contributed by atoms with Gasteiger partial charge >= 0.3 is 0 Å². The minimum atomic E-state index is 0.875. The van der Waals surface area contributed by atoms with Crippen molar-refractivity contribution in [2.75, 3.05) is 0 Å². The van der Waals surface area contributed by atoms with Gasteiger partial charge in [0.05, 0.1) is 0 Å². The van der Waals surface area contributed by atoms with E-state index < -0.39 is 0 Å². The van der Waals surface area contributed by atoms with Crippen LogP contribution in [0.5, 0.6) is 0 Å². The Bertz CT molecular complexity index is 94.6. The highest BCUT2D eigenvalue weighted by Crippen LogP contribution is 2.08. The Kier molecular flexibility index (Phi) is 24.0. The van der Waals surface area contributed by atoms with E-state index in [1.807, 2.05) is 0 Å². The molecule has 0 aliphatic carbocycles. The van der Waals surface area contributed by atoms with Crippen molar-refractivity contribution in [3.63, 3.8) is 0 Å². The largest absolute Gasteiger partial charge is 0.0656 e. The number of rotatable bonds is 5. The molecule has 108 valence electrons. The molecule has 0 spiro atoms. The van der Waals surface area contributed by atoms with Crippen molar-refractivity contribution in [2.45, 2.75) is 94.4 Å². The Balaban J connectivity index is -0.000000188. The van der Waals surface area contributed by atoms with E-state index in [1.54, 1.807) is 0 Å². The number of hydrogen-bond donors (Lipinski definition) is 0. The van der Waals surface area contributed by atoms with E-state index in [9.17, 15) is 0 Å². The van der Waals surface area contributed by atoms with Crippen LogP contribution in [-0.2, 0) is 0 Å². The zero-order valence-corrected chi connectivity index (χ0v) is 14.3. The van der Waals surface area contributed by atoms with E-state index in [1.165, 1.54) is 32.1 Å². The average Bonchev–Trinajstić information content (AvgIpc) is 2.14. The number of hydrogen-bond acceptors (Lipinski definition) is 0. The summed E-state index contributed by atoms with van der Waals surface area (Å²) in [7, 11) is 0. The predicted octanol–water partition coefficient (Wildman–Crippen LogP) is 6.94. The summed E-state index contributed by atoms with van der Waals surface area (Å²) in [6.45, 7) is 20.1. The van der Waals surface area contributed by atoms with Gasteiger partial charge in [-0.05, 0) is 24.2 Å². The van der Waals surface area contributed by atoms with E-state index in [0.29, 0.717) is 0 Å². The van der Waals surface area contributed by atoms with E-state index in [-0.39, 0.29) is 0 Å². The maximum absolute atomic E-state index is 2.27. The summed E-state index contributed by atoms with van der Waals surface area (Å²) in [5.74, 6) is 2.65. The van der Waals surface area contributed by atoms with Crippen molar-refractivity contribution in [1.82, 2.24) is 0 Å². The van der Waals surface area contributed by atoms with Crippen molar-refractivity contribution in [1.29, 1.82) is 0 Å². The number of unbranched alkanes of at least 4 members (excludes halogenated alkanes) is 1. The SMILES string of the molecule is CC(C)CC(C)C.CCC.CCCCC(C)C. The highest BCUT2D eigenvalue weighted by atomic mass is 14.0. The van der Waals surface area contributed by atoms with Crippen molar-refractivity contribution in [3.8, 4) is 0 Å². The van der Waals surface area contributed by atoms with E-state index in [0.717, 1.165) is 17.8 Å². The van der Waals surface area contributed by atoms with Gasteiger partial charge in [-0.15, -0.1) is 0 Å². The fourth-order valence-electron chi connectivity index (χ4n) is 1.56. The molecule has 0 aromatic heterocycles. The van der Waals surface area contributed by atoms with Crippen molar-refractivity contribution >= 4 is 0 Å². The maximum atomic E-state index is 2.27. The van der Waals surface area contributed by atoms with Crippen LogP contribution in [0.2, 0.25) is 0 Å². The van der Waals surface area contributed by atoms with E-state index >= 15 is 0 Å². The molecule has 0 aromatic carbocycles. The van der Waals surface area contributed by atoms with Crippen molar-refractivity contribution in [2.24, 2.45) is 17.8 Å². The minimum absolute atomic E-state index is 0.875. The molecule has 0 atom stereocenters. The molecule has 0 saturated carbocycles. The van der Waals surface area contributed by atoms with E-state index in [4.69, 9.17) is 0 Å². The van der Waals surface area contributed by atoms with Gasteiger partial charge in [-0.1, -0.05) is 88.0 Å². The fourth-order valence-corrected chi connectivity index (χ4v) is 1.56. The summed E-state index contributed by atoms with van der Waals surface area (Å²) in [6.07, 6.45) is 6.76. The lowest BCUT2D eigenvalue weighted by Gasteiger charge is -2.05. The molecule has 0 heterocycles. The highest BCUT2D eigenvalue weighted by Gasteiger charge is 1.95. The Hall–Kier alpha value is 0. The third-order valence-corrected chi connectivity index (χ3v) is 2.08. The second-order valence-corrected chi connectivity index (χ2v) is 6.27. The first-order valence-corrected chi connectivity index (χ1v) is 7.81. The first-order valence-electron chi connectivity index (χ1n) is 7.81. The highest BCUT2D eigenvalue weighted by molar-refractivity contribution is 4.47. The second kappa shape index (κ2) is 18.4. The Morgan fingerprint density at radius 1 is 0.647 bits per heavy atom. The van der Waals surface area contributed by atoms with Crippen LogP contribution in [0.25, 0.3) is 0 Å². The van der Waals surface area contributed by atoms with Crippen LogP contribution in [-0.4, -0.2) is 0 Å². The lowest BCUT2D eigenvalue weighted by molar-refractivity contribution is 0.469. The first-order chi connectivity index (χ1) is 7.81. The van der Waals surface area contributed by atoms with E-state index in [2.05, 4.69) is 62.3 Å². The van der Waals surface area contributed by atoms with Gasteiger partial charge in [0.25, 0.3) is 0 Å². The third-order valence-electron chi connectivity index (χ3n) is 2.08. The minimum Gasteiger partial charge on any atom is -0.0656 e. The molecule has 0 heteroatoms. The molecular formula is C17H40. The van der Waals surface area contributed by atoms with Gasteiger partial charge in [-0.2, -0.15) is 0 Å². The lowest BCUT2D eigenvalue weighted by Crippen LogP contribution is -1.93. The molecule has 0 nitrogen and oxygen atoms in total. The van der Waals surface area contributed by atoms with Gasteiger partial charge in [0.2, 0.25) is 0 Å². The molecule has 0 N–H and O–H groups in total.